The highest BCUT2D eigenvalue weighted by Crippen LogP contribution is 2.35. The summed E-state index contributed by atoms with van der Waals surface area (Å²) in [5, 5.41) is 0. The molecule has 3 aliphatic rings. The van der Waals surface area contributed by atoms with Crippen LogP contribution in [0.5, 0.6) is 5.75 Å². The molecule has 194 valence electrons. The van der Waals surface area contributed by atoms with Gasteiger partial charge in [0.2, 0.25) is 5.91 Å². The third-order valence-corrected chi connectivity index (χ3v) is 8.45. The summed E-state index contributed by atoms with van der Waals surface area (Å²) in [5.74, 6) is 1.74. The molecule has 2 aromatic rings. The fraction of sp³-hybridized carbons (Fsp3) is 0.581. The van der Waals surface area contributed by atoms with Crippen LogP contribution in [0.15, 0.2) is 36.4 Å². The van der Waals surface area contributed by atoms with Gasteiger partial charge in [-0.2, -0.15) is 0 Å². The molecule has 2 fully saturated rings. The number of amides is 1. The second-order valence-electron chi connectivity index (χ2n) is 11.1. The van der Waals surface area contributed by atoms with E-state index in [1.807, 2.05) is 6.92 Å². The van der Waals surface area contributed by atoms with E-state index in [9.17, 15) is 4.79 Å². The zero-order valence-corrected chi connectivity index (χ0v) is 22.5. The number of ether oxygens (including phenoxy) is 1. The predicted octanol–water partition coefficient (Wildman–Crippen LogP) is 5.32. The first-order chi connectivity index (χ1) is 17.5. The van der Waals surface area contributed by atoms with Crippen LogP contribution >= 0.6 is 0 Å². The lowest BCUT2D eigenvalue weighted by atomic mass is 9.92. The summed E-state index contributed by atoms with van der Waals surface area (Å²) in [7, 11) is 0. The second-order valence-corrected chi connectivity index (χ2v) is 11.1. The van der Waals surface area contributed by atoms with Gasteiger partial charge in [0.1, 0.15) is 5.75 Å². The van der Waals surface area contributed by atoms with Crippen LogP contribution in [0.25, 0.3) is 11.1 Å². The molecule has 1 saturated carbocycles. The number of carbonyl (C=O) groups is 1. The molecule has 0 aromatic heterocycles. The molecule has 1 saturated heterocycles. The standard InChI is InChI=1S/C31H43N3O2/c1-4-36-30-12-11-24(23(2)3)20-29(30)26-9-10-27-21-32(14-13-25(27)19-26)22-31(35)34-17-15-33(16-18-34)28-7-5-6-8-28/h9-12,19-20,23,28H,4-8,13-18,21-22H2,1-3H3. The van der Waals surface area contributed by atoms with Crippen LogP contribution in [0.4, 0.5) is 0 Å². The maximum absolute atomic E-state index is 13.1. The third kappa shape index (κ3) is 5.63. The second kappa shape index (κ2) is 11.4. The first kappa shape index (κ1) is 25.3. The molecule has 1 amide bonds. The summed E-state index contributed by atoms with van der Waals surface area (Å²) < 4.78 is 5.97. The number of carbonyl (C=O) groups excluding carboxylic acids is 1. The average Bonchev–Trinajstić information content (AvgIpc) is 3.44. The predicted molar refractivity (Wildman–Crippen MR) is 147 cm³/mol. The first-order valence-electron chi connectivity index (χ1n) is 14.1. The smallest absolute Gasteiger partial charge is 0.236 e. The maximum Gasteiger partial charge on any atom is 0.236 e. The number of rotatable bonds is 7. The number of nitrogens with zero attached hydrogens (tertiary/aromatic N) is 3. The summed E-state index contributed by atoms with van der Waals surface area (Å²) in [6, 6.07) is 14.2. The van der Waals surface area contributed by atoms with Gasteiger partial charge >= 0.3 is 0 Å². The number of hydrogen-bond acceptors (Lipinski definition) is 4. The minimum atomic E-state index is 0.299. The Morgan fingerprint density at radius 1 is 0.972 bits per heavy atom. The van der Waals surface area contributed by atoms with Gasteiger partial charge in [-0.25, -0.2) is 0 Å². The number of benzene rings is 2. The van der Waals surface area contributed by atoms with E-state index >= 15 is 0 Å². The van der Waals surface area contributed by atoms with Crippen LogP contribution in [0.2, 0.25) is 0 Å². The van der Waals surface area contributed by atoms with Gasteiger partial charge in [0, 0.05) is 50.9 Å². The van der Waals surface area contributed by atoms with Gasteiger partial charge in [-0.1, -0.05) is 51.0 Å². The van der Waals surface area contributed by atoms with Crippen molar-refractivity contribution in [3.8, 4) is 16.9 Å². The molecule has 0 radical (unpaired) electrons. The van der Waals surface area contributed by atoms with Crippen LogP contribution in [0.3, 0.4) is 0 Å². The van der Waals surface area contributed by atoms with Crippen molar-refractivity contribution < 1.29 is 9.53 Å². The number of hydrogen-bond donors (Lipinski definition) is 0. The van der Waals surface area contributed by atoms with E-state index in [0.717, 1.165) is 57.5 Å². The van der Waals surface area contributed by atoms with Crippen molar-refractivity contribution in [2.75, 3.05) is 45.9 Å². The minimum Gasteiger partial charge on any atom is -0.493 e. The normalized spacial score (nSPS) is 19.6. The highest BCUT2D eigenvalue weighted by Gasteiger charge is 2.29. The van der Waals surface area contributed by atoms with Crippen molar-refractivity contribution in [2.45, 2.75) is 71.4 Å². The molecule has 0 atom stereocenters. The molecule has 1 aliphatic carbocycles. The van der Waals surface area contributed by atoms with Gasteiger partial charge in [0.15, 0.2) is 0 Å². The Morgan fingerprint density at radius 2 is 1.75 bits per heavy atom. The molecular weight excluding hydrogens is 446 g/mol. The molecule has 0 bridgehead atoms. The van der Waals surface area contributed by atoms with Crippen LogP contribution in [0, 0.1) is 0 Å². The average molecular weight is 490 g/mol. The monoisotopic (exact) mass is 489 g/mol. The van der Waals surface area contributed by atoms with E-state index < -0.39 is 0 Å². The molecule has 2 heterocycles. The van der Waals surface area contributed by atoms with Crippen molar-refractivity contribution in [2.24, 2.45) is 0 Å². The SMILES string of the molecule is CCOc1ccc(C(C)C)cc1-c1ccc2c(c1)CCN(CC(=O)N1CCN(C3CCCC3)CC1)C2. The Labute approximate surface area is 217 Å². The quantitative estimate of drug-likeness (QED) is 0.527. The fourth-order valence-electron chi connectivity index (χ4n) is 6.22. The Kier molecular flexibility index (Phi) is 7.97. The molecule has 0 spiro atoms. The van der Waals surface area contributed by atoms with Crippen LogP contribution < -0.4 is 4.74 Å². The Morgan fingerprint density at radius 3 is 2.47 bits per heavy atom. The van der Waals surface area contributed by atoms with Crippen molar-refractivity contribution in [3.63, 3.8) is 0 Å². The van der Waals surface area contributed by atoms with Crippen molar-refractivity contribution >= 4 is 5.91 Å². The largest absolute Gasteiger partial charge is 0.493 e. The zero-order valence-electron chi connectivity index (χ0n) is 22.5. The molecule has 0 unspecified atom stereocenters. The highest BCUT2D eigenvalue weighted by molar-refractivity contribution is 5.78. The Hall–Kier alpha value is -2.37. The fourth-order valence-corrected chi connectivity index (χ4v) is 6.22. The molecule has 5 rings (SSSR count). The lowest BCUT2D eigenvalue weighted by Crippen LogP contribution is -2.53. The summed E-state index contributed by atoms with van der Waals surface area (Å²) in [6.07, 6.45) is 6.43. The molecular formula is C31H43N3O2. The number of piperazine rings is 1. The molecule has 5 heteroatoms. The lowest BCUT2D eigenvalue weighted by molar-refractivity contribution is -0.134. The Balaban J connectivity index is 1.21. The molecule has 36 heavy (non-hydrogen) atoms. The van der Waals surface area contributed by atoms with Gasteiger partial charge < -0.3 is 9.64 Å². The van der Waals surface area contributed by atoms with Gasteiger partial charge in [0.25, 0.3) is 0 Å². The summed E-state index contributed by atoms with van der Waals surface area (Å²) >= 11 is 0. The van der Waals surface area contributed by atoms with Gasteiger partial charge in [-0.15, -0.1) is 0 Å². The molecule has 0 N–H and O–H groups in total. The zero-order chi connectivity index (χ0) is 25.1. The first-order valence-corrected chi connectivity index (χ1v) is 14.1. The van der Waals surface area contributed by atoms with E-state index in [2.05, 4.69) is 64.9 Å². The number of fused-ring (bicyclic) bond motifs is 1. The van der Waals surface area contributed by atoms with Crippen LogP contribution in [0.1, 0.15) is 69.1 Å². The van der Waals surface area contributed by atoms with Gasteiger partial charge in [-0.05, 0) is 66.5 Å². The van der Waals surface area contributed by atoms with E-state index in [0.29, 0.717) is 25.0 Å². The maximum atomic E-state index is 13.1. The van der Waals surface area contributed by atoms with Crippen LogP contribution in [-0.4, -0.2) is 72.5 Å². The highest BCUT2D eigenvalue weighted by atomic mass is 16.5. The van der Waals surface area contributed by atoms with Crippen LogP contribution in [-0.2, 0) is 17.8 Å². The van der Waals surface area contributed by atoms with Crippen molar-refractivity contribution in [3.05, 3.63) is 53.1 Å². The van der Waals surface area contributed by atoms with E-state index in [4.69, 9.17) is 4.74 Å². The third-order valence-electron chi connectivity index (χ3n) is 8.45. The lowest BCUT2D eigenvalue weighted by Gasteiger charge is -2.39. The topological polar surface area (TPSA) is 36.0 Å². The minimum absolute atomic E-state index is 0.299. The molecule has 2 aliphatic heterocycles. The summed E-state index contributed by atoms with van der Waals surface area (Å²) in [5.41, 5.74) is 6.49. The summed E-state index contributed by atoms with van der Waals surface area (Å²) in [4.78, 5) is 20.1. The van der Waals surface area contributed by atoms with Gasteiger partial charge in [-0.3, -0.25) is 14.6 Å². The Bertz CT molecular complexity index is 1050. The molecule has 5 nitrogen and oxygen atoms in total. The summed E-state index contributed by atoms with van der Waals surface area (Å²) in [6.45, 7) is 13.4. The van der Waals surface area contributed by atoms with E-state index in [1.165, 1.54) is 53.5 Å². The van der Waals surface area contributed by atoms with Crippen molar-refractivity contribution in [1.29, 1.82) is 0 Å². The van der Waals surface area contributed by atoms with E-state index in [1.54, 1.807) is 0 Å². The molecule has 2 aromatic carbocycles. The van der Waals surface area contributed by atoms with E-state index in [-0.39, 0.29) is 0 Å². The van der Waals surface area contributed by atoms with Gasteiger partial charge in [0.05, 0.1) is 13.2 Å². The van der Waals surface area contributed by atoms with Crippen molar-refractivity contribution in [1.82, 2.24) is 14.7 Å².